The first kappa shape index (κ1) is 49.4. The Morgan fingerprint density at radius 2 is 1.54 bits per heavy atom. The van der Waals surface area contributed by atoms with E-state index in [9.17, 15) is 19.8 Å². The third-order valence-corrected chi connectivity index (χ3v) is 14.8. The largest absolute Gasteiger partial charge is 0.483 e. The van der Waals surface area contributed by atoms with E-state index in [-0.39, 0.29) is 55.0 Å². The number of rotatable bonds is 13. The van der Waals surface area contributed by atoms with Gasteiger partial charge in [0.15, 0.2) is 12.2 Å². The monoisotopic (exact) mass is 956 g/mol. The van der Waals surface area contributed by atoms with Crippen molar-refractivity contribution in [1.82, 2.24) is 0 Å². The number of aliphatic hydroxyl groups excluding tert-OH is 2. The number of benzene rings is 5. The van der Waals surface area contributed by atoms with Crippen LogP contribution in [0.2, 0.25) is 0 Å². The maximum absolute atomic E-state index is 15.1. The molecule has 2 bridgehead atoms. The van der Waals surface area contributed by atoms with E-state index in [2.05, 4.69) is 97.1 Å². The molecule has 4 heterocycles. The van der Waals surface area contributed by atoms with E-state index in [4.69, 9.17) is 23.4 Å². The molecule has 0 unspecified atom stereocenters. The van der Waals surface area contributed by atoms with Crippen LogP contribution < -0.4 is 10.4 Å². The molecule has 1 aromatic heterocycles. The van der Waals surface area contributed by atoms with Gasteiger partial charge in [-0.2, -0.15) is 0 Å². The second-order valence-electron chi connectivity index (χ2n) is 19.9. The molecule has 0 spiro atoms. The second-order valence-corrected chi connectivity index (χ2v) is 19.9. The fraction of sp³-hybridized carbons (Fsp3) is 0.361. The Labute approximate surface area is 415 Å². The molecule has 4 aliphatic rings. The Morgan fingerprint density at radius 1 is 0.789 bits per heavy atom. The molecule has 71 heavy (non-hydrogen) atoms. The molecule has 0 radical (unpaired) electrons. The van der Waals surface area contributed by atoms with Crippen molar-refractivity contribution in [3.8, 4) is 5.75 Å². The molecular weight excluding hydrogens is 893 g/mol. The highest BCUT2D eigenvalue weighted by atomic mass is 16.6. The van der Waals surface area contributed by atoms with Crippen LogP contribution in [0.1, 0.15) is 128 Å². The van der Waals surface area contributed by atoms with Gasteiger partial charge in [0.25, 0.3) is 0 Å². The van der Waals surface area contributed by atoms with E-state index in [1.165, 1.54) is 16.7 Å². The number of aliphatic hydroxyl groups is 2. The molecule has 3 aliphatic heterocycles. The Bertz CT molecular complexity index is 2930. The van der Waals surface area contributed by atoms with Crippen LogP contribution in [0, 0.1) is 5.92 Å². The summed E-state index contributed by atoms with van der Waals surface area (Å²) in [6.07, 6.45) is 6.73. The third-order valence-electron chi connectivity index (χ3n) is 14.8. The van der Waals surface area contributed by atoms with Crippen LogP contribution >= 0.6 is 0 Å². The maximum atomic E-state index is 15.1. The van der Waals surface area contributed by atoms with Crippen molar-refractivity contribution in [2.45, 2.75) is 114 Å². The number of ether oxygens (including phenoxy) is 4. The summed E-state index contributed by atoms with van der Waals surface area (Å²) in [5.74, 6) is -1.45. The third kappa shape index (κ3) is 11.3. The summed E-state index contributed by atoms with van der Waals surface area (Å²) in [6, 6.07) is 43.1. The first-order valence-corrected chi connectivity index (χ1v) is 25.1. The first-order valence-electron chi connectivity index (χ1n) is 25.1. The van der Waals surface area contributed by atoms with Crippen LogP contribution in [0.25, 0.3) is 11.0 Å². The van der Waals surface area contributed by atoms with Crippen molar-refractivity contribution in [1.29, 1.82) is 0 Å². The van der Waals surface area contributed by atoms with Gasteiger partial charge in [0, 0.05) is 47.3 Å². The van der Waals surface area contributed by atoms with Gasteiger partial charge in [-0.15, -0.1) is 0 Å². The molecule has 1 aliphatic carbocycles. The molecule has 5 aromatic carbocycles. The van der Waals surface area contributed by atoms with E-state index in [0.29, 0.717) is 54.4 Å². The number of carbonyl (C=O) groups excluding carboxylic acids is 2. The lowest BCUT2D eigenvalue weighted by atomic mass is 9.72. The minimum Gasteiger partial charge on any atom is -0.483 e. The topological polar surface area (TPSA) is 142 Å². The van der Waals surface area contributed by atoms with Gasteiger partial charge in [-0.25, -0.2) is 9.59 Å². The average Bonchev–Trinajstić information content (AvgIpc) is 3.36. The summed E-state index contributed by atoms with van der Waals surface area (Å²) in [5, 5.41) is 19.9. The van der Waals surface area contributed by atoms with Gasteiger partial charge in [0.05, 0.1) is 12.2 Å². The number of hydrogen-bond donors (Lipinski definition) is 2. The molecule has 10 heteroatoms. The summed E-state index contributed by atoms with van der Waals surface area (Å²) < 4.78 is 32.1. The number of hydrogen-bond acceptors (Lipinski definition) is 10. The molecule has 7 atom stereocenters. The van der Waals surface area contributed by atoms with Crippen LogP contribution in [0.5, 0.6) is 5.75 Å². The summed E-state index contributed by atoms with van der Waals surface area (Å²) in [7, 11) is 0. The maximum Gasteiger partial charge on any atom is 0.339 e. The van der Waals surface area contributed by atoms with Crippen molar-refractivity contribution in [2.24, 2.45) is 5.92 Å². The van der Waals surface area contributed by atoms with Crippen molar-refractivity contribution < 1.29 is 43.2 Å². The number of carbonyl (C=O) groups is 2. The molecule has 368 valence electrons. The fourth-order valence-corrected chi connectivity index (χ4v) is 11.0. The highest BCUT2D eigenvalue weighted by Crippen LogP contribution is 2.50. The lowest BCUT2D eigenvalue weighted by molar-refractivity contribution is -0.192. The first-order chi connectivity index (χ1) is 34.5. The van der Waals surface area contributed by atoms with Gasteiger partial charge in [-0.1, -0.05) is 127 Å². The summed E-state index contributed by atoms with van der Waals surface area (Å²) in [4.78, 5) is 44.0. The number of esters is 2. The molecule has 10 rings (SSSR count). The number of aryl methyl sites for hydroxylation is 2. The summed E-state index contributed by atoms with van der Waals surface area (Å²) >= 11 is 0. The highest BCUT2D eigenvalue weighted by Gasteiger charge is 2.53. The van der Waals surface area contributed by atoms with E-state index in [1.807, 2.05) is 45.0 Å². The normalized spacial score (nSPS) is 22.7. The predicted molar refractivity (Wildman–Crippen MR) is 273 cm³/mol. The van der Waals surface area contributed by atoms with E-state index >= 15 is 4.79 Å². The minimum atomic E-state index is -1.24. The molecule has 0 amide bonds. The van der Waals surface area contributed by atoms with Gasteiger partial charge >= 0.3 is 17.6 Å². The van der Waals surface area contributed by atoms with Gasteiger partial charge < -0.3 is 33.6 Å². The Morgan fingerprint density at radius 3 is 2.27 bits per heavy atom. The van der Waals surface area contributed by atoms with Crippen molar-refractivity contribution in [2.75, 3.05) is 20.0 Å². The van der Waals surface area contributed by atoms with Crippen molar-refractivity contribution in [3.05, 3.63) is 206 Å². The van der Waals surface area contributed by atoms with Crippen molar-refractivity contribution in [3.63, 3.8) is 0 Å². The number of fused-ring (bicyclic) bond motifs is 11. The Kier molecular flexibility index (Phi) is 15.5. The molecule has 10 nitrogen and oxygen atoms in total. The van der Waals surface area contributed by atoms with Crippen molar-refractivity contribution >= 4 is 22.9 Å². The molecule has 0 fully saturated rings. The lowest BCUT2D eigenvalue weighted by Gasteiger charge is -2.45. The van der Waals surface area contributed by atoms with Crippen LogP contribution in [-0.4, -0.2) is 53.9 Å². The van der Waals surface area contributed by atoms with Crippen LogP contribution in [0.15, 0.2) is 160 Å². The lowest BCUT2D eigenvalue weighted by Crippen LogP contribution is -2.54. The van der Waals surface area contributed by atoms with E-state index < -0.39 is 48.1 Å². The van der Waals surface area contributed by atoms with E-state index in [0.717, 1.165) is 35.1 Å². The predicted octanol–water partition coefficient (Wildman–Crippen LogP) is 11.3. The zero-order valence-corrected chi connectivity index (χ0v) is 40.9. The second kappa shape index (κ2) is 22.2. The molecule has 2 N–H and O–H groups in total. The standard InChI is InChI=1S/C61H64O10/c1-39(2)50-26-21-41-19-22-44(23-20-41)51-27-24-46(45-18-10-16-43(33-45)32-42-14-8-5-9-15-42)34-49(51)36-54(64)68-57-55-53(28-25-47-35-52(60(66)69-56(47)55)48(29-31-62)37-67-38-63)71-61(3,58(57)70-59(50)65)30-11-17-40-12-6-4-7-13-40/h4-10,12-16,18-20,22-25,27-28,33,35,46,48-49,51,57-58,62-63H,11,17,21,26,29-32,34,36-38H2,1-3H3/t46-,48-,49+,51+,57-,58+,61+/m1/s1. The average molecular weight is 957 g/mol. The Hall–Kier alpha value is -6.59. The van der Waals surface area contributed by atoms with Crippen LogP contribution in [0.4, 0.5) is 0 Å². The fourth-order valence-electron chi connectivity index (χ4n) is 11.0. The molecule has 6 aromatic rings. The zero-order chi connectivity index (χ0) is 49.5. The summed E-state index contributed by atoms with van der Waals surface area (Å²) in [6.45, 7) is 4.92. The van der Waals surface area contributed by atoms with Gasteiger partial charge in [-0.05, 0) is 130 Å². The van der Waals surface area contributed by atoms with Gasteiger partial charge in [0.1, 0.15) is 23.7 Å². The zero-order valence-electron chi connectivity index (χ0n) is 40.9. The molecule has 0 saturated carbocycles. The number of allylic oxidation sites excluding steroid dienone is 3. The van der Waals surface area contributed by atoms with Gasteiger partial charge in [0.2, 0.25) is 0 Å². The molecular formula is C61H64O10. The Balaban J connectivity index is 1.14. The SMILES string of the molecule is CC(C)=C1CCc2ccc(cc2)[C@@H]2C=C[C@@H](c3cccc(Cc4ccccc4)c3)C[C@H]2CC(=O)O[C@@H]2c3c(ccc4cc([C@H](CCO)COCO)c(=O)oc34)O[C@@](C)(CCCc3ccccc3)[C@H]2OC1=O. The van der Waals surface area contributed by atoms with E-state index in [1.54, 1.807) is 18.2 Å². The quantitative estimate of drug-likeness (QED) is 0.0378. The summed E-state index contributed by atoms with van der Waals surface area (Å²) in [5.41, 5.74) is 7.11. The minimum absolute atomic E-state index is 0.0189. The van der Waals surface area contributed by atoms with Gasteiger partial charge in [-0.3, -0.25) is 4.79 Å². The highest BCUT2D eigenvalue weighted by molar-refractivity contribution is 5.90. The smallest absolute Gasteiger partial charge is 0.339 e. The van der Waals surface area contributed by atoms with Crippen LogP contribution in [0.3, 0.4) is 0 Å². The van der Waals surface area contributed by atoms with Crippen LogP contribution in [-0.2, 0) is 43.1 Å². The molecule has 0 saturated heterocycles.